The third-order valence-electron chi connectivity index (χ3n) is 9.83. The zero-order chi connectivity index (χ0) is 30.9. The molecular weight excluding hydrogens is 569 g/mol. The molecule has 1 nitrogen and oxygen atoms in total. The van der Waals surface area contributed by atoms with Gasteiger partial charge < -0.3 is 4.42 Å². The largest absolute Gasteiger partial charge is 0.456 e. The molecule has 1 heterocycles. The van der Waals surface area contributed by atoms with Crippen LogP contribution in [0.25, 0.3) is 98.4 Å². The Kier molecular flexibility index (Phi) is 5.64. The fourth-order valence-corrected chi connectivity index (χ4v) is 7.76. The summed E-state index contributed by atoms with van der Waals surface area (Å²) in [5.41, 5.74) is 9.21. The van der Waals surface area contributed by atoms with Gasteiger partial charge in [-0.3, -0.25) is 0 Å². The molecule has 0 saturated carbocycles. The quantitative estimate of drug-likeness (QED) is 0.185. The van der Waals surface area contributed by atoms with Crippen LogP contribution >= 0.6 is 0 Å². The second-order valence-corrected chi connectivity index (χ2v) is 12.4. The van der Waals surface area contributed by atoms with Crippen LogP contribution in [0.1, 0.15) is 0 Å². The molecule has 0 spiro atoms. The maximum atomic E-state index is 6.36. The molecule has 0 amide bonds. The molecule has 10 rings (SSSR count). The van der Waals surface area contributed by atoms with E-state index in [0.717, 1.165) is 27.5 Å². The molecule has 0 atom stereocenters. The highest BCUT2D eigenvalue weighted by Crippen LogP contribution is 2.47. The van der Waals surface area contributed by atoms with Gasteiger partial charge in [-0.2, -0.15) is 0 Å². The Morgan fingerprint density at radius 1 is 0.298 bits per heavy atom. The maximum Gasteiger partial charge on any atom is 0.136 e. The third-order valence-corrected chi connectivity index (χ3v) is 9.83. The van der Waals surface area contributed by atoms with Crippen LogP contribution in [0.3, 0.4) is 0 Å². The Balaban J connectivity index is 1.29. The van der Waals surface area contributed by atoms with Gasteiger partial charge in [-0.25, -0.2) is 0 Å². The number of hydrogen-bond acceptors (Lipinski definition) is 1. The first-order valence-corrected chi connectivity index (χ1v) is 16.2. The van der Waals surface area contributed by atoms with Crippen molar-refractivity contribution < 1.29 is 4.42 Å². The first-order chi connectivity index (χ1) is 23.3. The smallest absolute Gasteiger partial charge is 0.136 e. The van der Waals surface area contributed by atoms with Crippen LogP contribution in [0.5, 0.6) is 0 Å². The van der Waals surface area contributed by atoms with Gasteiger partial charge in [-0.15, -0.1) is 0 Å². The first-order valence-electron chi connectivity index (χ1n) is 16.2. The van der Waals surface area contributed by atoms with Gasteiger partial charge in [0, 0.05) is 10.8 Å². The monoisotopic (exact) mass is 596 g/mol. The van der Waals surface area contributed by atoms with E-state index in [9.17, 15) is 0 Å². The molecule has 0 radical (unpaired) electrons. The lowest BCUT2D eigenvalue weighted by atomic mass is 9.83. The van der Waals surface area contributed by atoms with Gasteiger partial charge >= 0.3 is 0 Å². The minimum atomic E-state index is 0.912. The maximum absolute atomic E-state index is 6.36. The van der Waals surface area contributed by atoms with Crippen molar-refractivity contribution in [3.63, 3.8) is 0 Å². The Hall–Kier alpha value is -6.18. The van der Waals surface area contributed by atoms with Crippen LogP contribution in [-0.2, 0) is 0 Å². The topological polar surface area (TPSA) is 13.1 Å². The first kappa shape index (κ1) is 26.1. The normalized spacial score (nSPS) is 11.8. The number of rotatable bonds is 3. The SMILES string of the molecule is c1ccc2cc(-c3cccc4cccc(-c5c6ccccc6c(-c6ccc7c(c6)oc6ccccc67)c6ccccc56)c34)ccc2c1. The molecule has 47 heavy (non-hydrogen) atoms. The van der Waals surface area contributed by atoms with E-state index >= 15 is 0 Å². The van der Waals surface area contributed by atoms with Gasteiger partial charge in [-0.1, -0.05) is 146 Å². The minimum Gasteiger partial charge on any atom is -0.456 e. The van der Waals surface area contributed by atoms with Gasteiger partial charge in [-0.05, 0) is 101 Å². The van der Waals surface area contributed by atoms with E-state index in [1.165, 1.54) is 70.9 Å². The predicted octanol–water partition coefficient (Wildman–Crippen LogP) is 13.2. The van der Waals surface area contributed by atoms with Crippen LogP contribution in [0.4, 0.5) is 0 Å². The standard InChI is InChI=1S/C46H28O/c1-2-12-31-27-32(24-23-29(31)11-1)34-20-9-13-30-14-10-21-41(44(30)34)46-39-18-5-3-16-37(39)45(38-17-4-6-19-40(38)46)33-25-26-36-35-15-7-8-22-42(35)47-43(36)28-33/h1-28H. The average molecular weight is 597 g/mol. The molecule has 0 aliphatic rings. The molecule has 0 aliphatic carbocycles. The zero-order valence-corrected chi connectivity index (χ0v) is 25.6. The van der Waals surface area contributed by atoms with E-state index in [1.54, 1.807) is 0 Å². The van der Waals surface area contributed by atoms with E-state index in [1.807, 2.05) is 12.1 Å². The second-order valence-electron chi connectivity index (χ2n) is 12.4. The Bertz CT molecular complexity index is 2790. The van der Waals surface area contributed by atoms with Crippen molar-refractivity contribution in [2.45, 2.75) is 0 Å². The van der Waals surface area contributed by atoms with Gasteiger partial charge in [0.1, 0.15) is 11.2 Å². The minimum absolute atomic E-state index is 0.912. The summed E-state index contributed by atoms with van der Waals surface area (Å²) >= 11 is 0. The van der Waals surface area contributed by atoms with E-state index in [2.05, 4.69) is 158 Å². The summed E-state index contributed by atoms with van der Waals surface area (Å²) in [7, 11) is 0. The molecule has 9 aromatic carbocycles. The second kappa shape index (κ2) is 10.2. The van der Waals surface area contributed by atoms with E-state index in [0.29, 0.717) is 0 Å². The number of para-hydroxylation sites is 1. The highest BCUT2D eigenvalue weighted by Gasteiger charge is 2.20. The van der Waals surface area contributed by atoms with Crippen molar-refractivity contribution in [3.8, 4) is 33.4 Å². The van der Waals surface area contributed by atoms with Gasteiger partial charge in [0.25, 0.3) is 0 Å². The fourth-order valence-electron chi connectivity index (χ4n) is 7.76. The molecule has 0 N–H and O–H groups in total. The zero-order valence-electron chi connectivity index (χ0n) is 25.6. The Morgan fingerprint density at radius 3 is 1.60 bits per heavy atom. The number of fused-ring (bicyclic) bond motifs is 7. The van der Waals surface area contributed by atoms with Gasteiger partial charge in [0.2, 0.25) is 0 Å². The van der Waals surface area contributed by atoms with Crippen molar-refractivity contribution in [2.75, 3.05) is 0 Å². The van der Waals surface area contributed by atoms with Crippen molar-refractivity contribution in [1.82, 2.24) is 0 Å². The fraction of sp³-hybridized carbons (Fsp3) is 0. The van der Waals surface area contributed by atoms with Crippen molar-refractivity contribution >= 4 is 65.0 Å². The summed E-state index contributed by atoms with van der Waals surface area (Å²) in [6, 6.07) is 61.7. The van der Waals surface area contributed by atoms with Crippen LogP contribution in [-0.4, -0.2) is 0 Å². The number of furan rings is 1. The van der Waals surface area contributed by atoms with Crippen LogP contribution in [0.15, 0.2) is 174 Å². The molecule has 1 heteroatoms. The molecule has 0 bridgehead atoms. The molecule has 0 unspecified atom stereocenters. The lowest BCUT2D eigenvalue weighted by Crippen LogP contribution is -1.92. The van der Waals surface area contributed by atoms with Gasteiger partial charge in [0.15, 0.2) is 0 Å². The van der Waals surface area contributed by atoms with E-state index in [-0.39, 0.29) is 0 Å². The summed E-state index contributed by atoms with van der Waals surface area (Å²) in [5.74, 6) is 0. The van der Waals surface area contributed by atoms with Crippen molar-refractivity contribution in [3.05, 3.63) is 170 Å². The Morgan fingerprint density at radius 2 is 0.851 bits per heavy atom. The summed E-state index contributed by atoms with van der Waals surface area (Å²) in [6.07, 6.45) is 0. The summed E-state index contributed by atoms with van der Waals surface area (Å²) in [5, 5.41) is 12.3. The molecule has 10 aromatic rings. The third kappa shape index (κ3) is 3.97. The van der Waals surface area contributed by atoms with Crippen LogP contribution in [0.2, 0.25) is 0 Å². The summed E-state index contributed by atoms with van der Waals surface area (Å²) in [6.45, 7) is 0. The van der Waals surface area contributed by atoms with Crippen molar-refractivity contribution in [2.24, 2.45) is 0 Å². The molecule has 1 aromatic heterocycles. The summed E-state index contributed by atoms with van der Waals surface area (Å²) < 4.78 is 6.36. The highest BCUT2D eigenvalue weighted by molar-refractivity contribution is 6.25. The number of benzene rings is 9. The van der Waals surface area contributed by atoms with Crippen LogP contribution < -0.4 is 0 Å². The molecule has 0 aliphatic heterocycles. The number of hydrogen-bond donors (Lipinski definition) is 0. The van der Waals surface area contributed by atoms with E-state index < -0.39 is 0 Å². The lowest BCUT2D eigenvalue weighted by molar-refractivity contribution is 0.669. The van der Waals surface area contributed by atoms with Crippen molar-refractivity contribution in [1.29, 1.82) is 0 Å². The highest BCUT2D eigenvalue weighted by atomic mass is 16.3. The molecule has 0 saturated heterocycles. The molecule has 0 fully saturated rings. The van der Waals surface area contributed by atoms with Crippen LogP contribution in [0, 0.1) is 0 Å². The Labute approximate surface area is 271 Å². The summed E-state index contributed by atoms with van der Waals surface area (Å²) in [4.78, 5) is 0. The molecular formula is C46H28O. The van der Waals surface area contributed by atoms with Gasteiger partial charge in [0.05, 0.1) is 0 Å². The average Bonchev–Trinajstić information content (AvgIpc) is 3.51. The molecule has 218 valence electrons. The predicted molar refractivity (Wildman–Crippen MR) is 200 cm³/mol. The van der Waals surface area contributed by atoms with E-state index in [4.69, 9.17) is 4.42 Å². The lowest BCUT2D eigenvalue weighted by Gasteiger charge is -2.20.